The summed E-state index contributed by atoms with van der Waals surface area (Å²) in [5, 5.41) is 4.89. The van der Waals surface area contributed by atoms with Gasteiger partial charge in [0, 0.05) is 23.7 Å². The first-order valence-electron chi connectivity index (χ1n) is 11.2. The highest BCUT2D eigenvalue weighted by Gasteiger charge is 2.60. The number of nitrogen functional groups attached to an aromatic ring is 1. The Morgan fingerprint density at radius 2 is 1.61 bits per heavy atom. The second-order valence-electron chi connectivity index (χ2n) is 10.1. The quantitative estimate of drug-likeness (QED) is 0.626. The van der Waals surface area contributed by atoms with Crippen LogP contribution >= 0.6 is 35.0 Å². The number of fused-ring (bicyclic) bond motifs is 3. The van der Waals surface area contributed by atoms with Gasteiger partial charge in [-0.3, -0.25) is 5.01 Å². The first kappa shape index (κ1) is 19.4. The maximum atomic E-state index is 6.75. The predicted molar refractivity (Wildman–Crippen MR) is 126 cm³/mol. The number of aromatic nitrogens is 2. The fourth-order valence-electron chi connectivity index (χ4n) is 6.79. The number of nitrogens with zero attached hydrogens (tertiary/aromatic N) is 3. The first-order valence-corrected chi connectivity index (χ1v) is 12.9. The van der Waals surface area contributed by atoms with Crippen molar-refractivity contribution >= 4 is 40.8 Å². The number of hydrogen-bond acceptors (Lipinski definition) is 6. The summed E-state index contributed by atoms with van der Waals surface area (Å²) >= 11 is 14.6. The van der Waals surface area contributed by atoms with Gasteiger partial charge >= 0.3 is 0 Å². The number of anilines is 1. The van der Waals surface area contributed by atoms with Gasteiger partial charge < -0.3 is 17.2 Å². The Balaban J connectivity index is 1.26. The Morgan fingerprint density at radius 1 is 0.968 bits per heavy atom. The van der Waals surface area contributed by atoms with E-state index >= 15 is 0 Å². The third kappa shape index (κ3) is 2.64. The van der Waals surface area contributed by atoms with Gasteiger partial charge in [-0.2, -0.15) is 0 Å². The van der Waals surface area contributed by atoms with Crippen LogP contribution in [0.1, 0.15) is 25.7 Å². The van der Waals surface area contributed by atoms with Gasteiger partial charge in [0.25, 0.3) is 0 Å². The predicted octanol–water partition coefficient (Wildman–Crippen LogP) is 3.53. The summed E-state index contributed by atoms with van der Waals surface area (Å²) in [5.74, 6) is 4.03. The molecule has 4 fully saturated rings. The van der Waals surface area contributed by atoms with E-state index in [4.69, 9.17) is 45.4 Å². The lowest BCUT2D eigenvalue weighted by molar-refractivity contribution is 0.352. The molecule has 7 rings (SSSR count). The lowest BCUT2D eigenvalue weighted by Gasteiger charge is -2.37. The first-order chi connectivity index (χ1) is 14.9. The van der Waals surface area contributed by atoms with Crippen molar-refractivity contribution in [1.29, 1.82) is 0 Å². The van der Waals surface area contributed by atoms with Crippen molar-refractivity contribution in [1.82, 2.24) is 9.66 Å². The van der Waals surface area contributed by atoms with Gasteiger partial charge in [0.15, 0.2) is 11.0 Å². The van der Waals surface area contributed by atoms with E-state index in [0.29, 0.717) is 69.0 Å². The Labute approximate surface area is 195 Å². The molecule has 1 aromatic heterocycles. The molecule has 6 nitrogen and oxygen atoms in total. The number of thioether (sulfide) groups is 1. The molecule has 2 aromatic rings. The summed E-state index contributed by atoms with van der Waals surface area (Å²) in [7, 11) is 0. The Kier molecular flexibility index (Phi) is 4.04. The average molecular weight is 477 g/mol. The van der Waals surface area contributed by atoms with E-state index in [-0.39, 0.29) is 0 Å². The van der Waals surface area contributed by atoms with E-state index in [0.717, 1.165) is 29.3 Å². The number of halogens is 2. The molecule has 9 atom stereocenters. The number of imidazole rings is 1. The lowest BCUT2D eigenvalue weighted by Crippen LogP contribution is -2.49. The molecule has 1 aromatic carbocycles. The Morgan fingerprint density at radius 3 is 2.29 bits per heavy atom. The summed E-state index contributed by atoms with van der Waals surface area (Å²) in [6, 6.07) is 6.88. The van der Waals surface area contributed by atoms with Crippen LogP contribution in [0.4, 0.5) is 5.82 Å². The molecule has 0 saturated heterocycles. The molecule has 0 spiro atoms. The molecule has 0 amide bonds. The minimum absolute atomic E-state index is 0.368. The molecular weight excluding hydrogens is 451 g/mol. The third-order valence-electron chi connectivity index (χ3n) is 8.60. The molecule has 5 unspecified atom stereocenters. The van der Waals surface area contributed by atoms with Crippen molar-refractivity contribution in [3.05, 3.63) is 28.2 Å². The van der Waals surface area contributed by atoms with Crippen molar-refractivity contribution in [2.24, 2.45) is 41.1 Å². The second kappa shape index (κ2) is 6.48. The molecule has 5 aliphatic rings. The molecule has 9 heteroatoms. The van der Waals surface area contributed by atoms with Crippen LogP contribution in [0, 0.1) is 29.6 Å². The van der Waals surface area contributed by atoms with Crippen molar-refractivity contribution < 1.29 is 0 Å². The summed E-state index contributed by atoms with van der Waals surface area (Å²) in [6.07, 6.45) is 4.73. The normalized spacial score (nSPS) is 41.9. The molecule has 0 radical (unpaired) electrons. The van der Waals surface area contributed by atoms with Crippen LogP contribution in [-0.2, 0) is 0 Å². The van der Waals surface area contributed by atoms with E-state index in [1.54, 1.807) is 6.07 Å². The molecule has 164 valence electrons. The van der Waals surface area contributed by atoms with Crippen LogP contribution in [0.25, 0.3) is 11.3 Å². The highest BCUT2D eigenvalue weighted by molar-refractivity contribution is 8.00. The van der Waals surface area contributed by atoms with Gasteiger partial charge in [-0.05, 0) is 61.3 Å². The van der Waals surface area contributed by atoms with Crippen LogP contribution < -0.4 is 22.2 Å². The standard InChI is InChI=1S/C22H26Cl2N6S/c23-15-3-1-2-10(16(15)24)19-20(27)30-22(28-19)31-21(8-4-11-12(5-8)17(11)25)29(30)9-6-13-14(7-9)18(13)26/h1-3,8-9,11-14,17-18,21H,4-7,25-27H2/t8?,9?,11-,12+,13-,14+,17?,18?,21?. The van der Waals surface area contributed by atoms with Gasteiger partial charge in [-0.1, -0.05) is 47.1 Å². The fourth-order valence-corrected chi connectivity index (χ4v) is 8.62. The largest absolute Gasteiger partial charge is 0.382 e. The summed E-state index contributed by atoms with van der Waals surface area (Å²) < 4.78 is 2.17. The van der Waals surface area contributed by atoms with Crippen molar-refractivity contribution in [3.8, 4) is 11.3 Å². The minimum Gasteiger partial charge on any atom is -0.382 e. The van der Waals surface area contributed by atoms with Crippen LogP contribution in [-0.4, -0.2) is 33.2 Å². The van der Waals surface area contributed by atoms with Crippen molar-refractivity contribution in [2.75, 3.05) is 10.7 Å². The molecule has 4 saturated carbocycles. The van der Waals surface area contributed by atoms with Gasteiger partial charge in [0.05, 0.1) is 10.0 Å². The highest BCUT2D eigenvalue weighted by Crippen LogP contribution is 2.60. The molecule has 6 N–H and O–H groups in total. The zero-order valence-electron chi connectivity index (χ0n) is 17.0. The van der Waals surface area contributed by atoms with E-state index in [1.165, 1.54) is 12.8 Å². The fraction of sp³-hybridized carbons (Fsp3) is 0.591. The smallest absolute Gasteiger partial charge is 0.191 e. The topological polar surface area (TPSA) is 99.1 Å². The second-order valence-corrected chi connectivity index (χ2v) is 12.0. The Hall–Kier alpha value is -1.12. The van der Waals surface area contributed by atoms with Crippen molar-refractivity contribution in [2.45, 2.75) is 54.3 Å². The van der Waals surface area contributed by atoms with Crippen LogP contribution in [0.2, 0.25) is 10.0 Å². The lowest BCUT2D eigenvalue weighted by atomic mass is 10.00. The van der Waals surface area contributed by atoms with E-state index in [2.05, 4.69) is 9.69 Å². The van der Waals surface area contributed by atoms with Gasteiger partial charge in [-0.15, -0.1) is 0 Å². The van der Waals surface area contributed by atoms with Gasteiger partial charge in [0.1, 0.15) is 11.1 Å². The molecule has 31 heavy (non-hydrogen) atoms. The molecule has 2 heterocycles. The minimum atomic E-state index is 0.368. The van der Waals surface area contributed by atoms with Crippen molar-refractivity contribution in [3.63, 3.8) is 0 Å². The summed E-state index contributed by atoms with van der Waals surface area (Å²) in [4.78, 5) is 4.96. The SMILES string of the molecule is Nc1c(-c2cccc(Cl)c2Cl)nc2n1N(C1C[C@@H]3C(N)[C@@H]3C1)C(C1C[C@@H]3C(N)[C@@H]3C1)S2. The third-order valence-corrected chi connectivity index (χ3v) is 10.7. The zero-order valence-corrected chi connectivity index (χ0v) is 19.3. The summed E-state index contributed by atoms with van der Waals surface area (Å²) in [6.45, 7) is 0. The van der Waals surface area contributed by atoms with E-state index in [9.17, 15) is 0 Å². The summed E-state index contributed by atoms with van der Waals surface area (Å²) in [5.41, 5.74) is 20.7. The Bertz CT molecular complexity index is 1070. The molecule has 1 aliphatic heterocycles. The molecule has 0 bridgehead atoms. The maximum Gasteiger partial charge on any atom is 0.191 e. The molecule has 4 aliphatic carbocycles. The number of rotatable bonds is 3. The number of nitrogens with two attached hydrogens (primary N) is 3. The van der Waals surface area contributed by atoms with Crippen LogP contribution in [0.3, 0.4) is 0 Å². The molecular formula is C22H26Cl2N6S. The number of hydrogen-bond donors (Lipinski definition) is 3. The maximum absolute atomic E-state index is 6.75. The van der Waals surface area contributed by atoms with Gasteiger partial charge in [-0.25, -0.2) is 9.66 Å². The van der Waals surface area contributed by atoms with Gasteiger partial charge in [0.2, 0.25) is 0 Å². The number of benzene rings is 1. The monoisotopic (exact) mass is 476 g/mol. The van der Waals surface area contributed by atoms with Crippen LogP contribution in [0.15, 0.2) is 23.4 Å². The average Bonchev–Trinajstić information content (AvgIpc) is 3.28. The van der Waals surface area contributed by atoms with Crippen LogP contribution in [0.5, 0.6) is 0 Å². The van der Waals surface area contributed by atoms with E-state index in [1.807, 2.05) is 23.9 Å². The van der Waals surface area contributed by atoms with E-state index < -0.39 is 0 Å². The zero-order chi connectivity index (χ0) is 21.2. The highest BCUT2D eigenvalue weighted by atomic mass is 35.5.